The standard InChI is InChI=1S/C31H38NO/c1-19-10-12-21-22-13-14-23-26(31(7,8)17-16-30(23,5)6)28(22)33-27(21)25(19)24-15-11-20(18-32(24)9)29(2,3)4/h10-15,18H,16-17H2,1-9H3/q+1. The molecule has 0 atom stereocenters. The number of aromatic nitrogens is 1. The fourth-order valence-electron chi connectivity index (χ4n) is 5.75. The Labute approximate surface area is 198 Å². The largest absolute Gasteiger partial charge is 0.455 e. The SMILES string of the molecule is Cc1ccc2c(oc3c4c(ccc32)C(C)(C)CCC4(C)C)c1-c1ccc(C(C)(C)C)c[n+]1C. The Morgan fingerprint density at radius 2 is 1.45 bits per heavy atom. The van der Waals surface area contributed by atoms with Crippen molar-refractivity contribution in [3.63, 3.8) is 0 Å². The van der Waals surface area contributed by atoms with Crippen LogP contribution in [0, 0.1) is 6.92 Å². The van der Waals surface area contributed by atoms with Crippen molar-refractivity contribution in [3.05, 3.63) is 64.8 Å². The highest BCUT2D eigenvalue weighted by Crippen LogP contribution is 2.50. The summed E-state index contributed by atoms with van der Waals surface area (Å²) in [7, 11) is 2.15. The lowest BCUT2D eigenvalue weighted by Gasteiger charge is -2.41. The van der Waals surface area contributed by atoms with E-state index in [9.17, 15) is 0 Å². The number of nitrogens with zero attached hydrogens (tertiary/aromatic N) is 1. The van der Waals surface area contributed by atoms with Gasteiger partial charge in [0.2, 0.25) is 5.69 Å². The Morgan fingerprint density at radius 1 is 0.818 bits per heavy atom. The van der Waals surface area contributed by atoms with Gasteiger partial charge in [0.15, 0.2) is 6.20 Å². The molecule has 0 saturated carbocycles. The van der Waals surface area contributed by atoms with Crippen molar-refractivity contribution in [2.45, 2.75) is 84.5 Å². The van der Waals surface area contributed by atoms with Gasteiger partial charge in [0.1, 0.15) is 18.2 Å². The van der Waals surface area contributed by atoms with Crippen molar-refractivity contribution < 1.29 is 8.98 Å². The molecule has 1 aliphatic rings. The van der Waals surface area contributed by atoms with Crippen LogP contribution in [0.2, 0.25) is 0 Å². The van der Waals surface area contributed by atoms with Crippen molar-refractivity contribution in [2.75, 3.05) is 0 Å². The molecular weight excluding hydrogens is 402 g/mol. The number of hydrogen-bond acceptors (Lipinski definition) is 1. The van der Waals surface area contributed by atoms with Gasteiger partial charge in [0.05, 0.1) is 5.56 Å². The van der Waals surface area contributed by atoms with Crippen LogP contribution in [0.1, 0.15) is 83.6 Å². The molecule has 4 aromatic rings. The number of aryl methyl sites for hydroxylation is 2. The number of fused-ring (bicyclic) bond motifs is 5. The van der Waals surface area contributed by atoms with Crippen LogP contribution in [-0.2, 0) is 23.3 Å². The molecule has 0 unspecified atom stereocenters. The molecule has 1 aliphatic carbocycles. The minimum Gasteiger partial charge on any atom is -0.455 e. The van der Waals surface area contributed by atoms with Crippen LogP contribution in [-0.4, -0.2) is 0 Å². The predicted molar refractivity (Wildman–Crippen MR) is 139 cm³/mol. The summed E-state index contributed by atoms with van der Waals surface area (Å²) in [5.74, 6) is 0. The maximum absolute atomic E-state index is 6.89. The first-order valence-corrected chi connectivity index (χ1v) is 12.3. The molecule has 0 N–H and O–H groups in total. The molecule has 2 heteroatoms. The van der Waals surface area contributed by atoms with E-state index in [0.29, 0.717) is 0 Å². The molecule has 2 nitrogen and oxygen atoms in total. The van der Waals surface area contributed by atoms with Crippen LogP contribution in [0.5, 0.6) is 0 Å². The van der Waals surface area contributed by atoms with Crippen molar-refractivity contribution in [1.82, 2.24) is 0 Å². The van der Waals surface area contributed by atoms with Gasteiger partial charge in [0, 0.05) is 28.0 Å². The monoisotopic (exact) mass is 440 g/mol. The number of benzene rings is 2. The van der Waals surface area contributed by atoms with Gasteiger partial charge in [-0.15, -0.1) is 0 Å². The Bertz CT molecular complexity index is 1410. The fraction of sp³-hybridized carbons (Fsp3) is 0.452. The van der Waals surface area contributed by atoms with Crippen LogP contribution in [0.15, 0.2) is 47.0 Å². The third-order valence-electron chi connectivity index (χ3n) is 8.05. The first-order valence-electron chi connectivity index (χ1n) is 12.3. The summed E-state index contributed by atoms with van der Waals surface area (Å²) >= 11 is 0. The van der Waals surface area contributed by atoms with E-state index in [1.165, 1.54) is 57.1 Å². The molecular formula is C31H38NO+. The second kappa shape index (κ2) is 6.95. The number of furan rings is 1. The lowest BCUT2D eigenvalue weighted by molar-refractivity contribution is -0.661. The fourth-order valence-corrected chi connectivity index (χ4v) is 5.75. The second-order valence-corrected chi connectivity index (χ2v) is 12.5. The zero-order valence-electron chi connectivity index (χ0n) is 21.8. The van der Waals surface area contributed by atoms with Gasteiger partial charge >= 0.3 is 0 Å². The van der Waals surface area contributed by atoms with E-state index in [-0.39, 0.29) is 16.2 Å². The molecule has 2 heterocycles. The van der Waals surface area contributed by atoms with Crippen molar-refractivity contribution >= 4 is 21.9 Å². The zero-order chi connectivity index (χ0) is 23.9. The van der Waals surface area contributed by atoms with Gasteiger partial charge in [-0.3, -0.25) is 0 Å². The molecule has 2 aromatic carbocycles. The van der Waals surface area contributed by atoms with Crippen LogP contribution in [0.4, 0.5) is 0 Å². The predicted octanol–water partition coefficient (Wildman–Crippen LogP) is 8.03. The maximum atomic E-state index is 6.89. The smallest absolute Gasteiger partial charge is 0.216 e. The van der Waals surface area contributed by atoms with Crippen LogP contribution >= 0.6 is 0 Å². The summed E-state index contributed by atoms with van der Waals surface area (Å²) in [6.07, 6.45) is 4.65. The van der Waals surface area contributed by atoms with E-state index in [1.807, 2.05) is 0 Å². The minimum atomic E-state index is 0.104. The first-order chi connectivity index (χ1) is 15.3. The maximum Gasteiger partial charge on any atom is 0.216 e. The molecule has 5 rings (SSSR count). The average molecular weight is 441 g/mol. The van der Waals surface area contributed by atoms with Gasteiger partial charge < -0.3 is 4.42 Å². The summed E-state index contributed by atoms with van der Waals surface area (Å²) in [6.45, 7) is 18.5. The normalized spacial score (nSPS) is 17.5. The van der Waals surface area contributed by atoms with Gasteiger partial charge in [0.25, 0.3) is 0 Å². The molecule has 172 valence electrons. The Morgan fingerprint density at radius 3 is 2.12 bits per heavy atom. The first kappa shape index (κ1) is 22.2. The van der Waals surface area contributed by atoms with Crippen LogP contribution < -0.4 is 4.57 Å². The lowest BCUT2D eigenvalue weighted by atomic mass is 9.63. The molecule has 2 aromatic heterocycles. The van der Waals surface area contributed by atoms with E-state index >= 15 is 0 Å². The number of rotatable bonds is 1. The quantitative estimate of drug-likeness (QED) is 0.274. The van der Waals surface area contributed by atoms with Crippen molar-refractivity contribution in [1.29, 1.82) is 0 Å². The molecule has 0 amide bonds. The van der Waals surface area contributed by atoms with E-state index in [2.05, 4.69) is 110 Å². The zero-order valence-corrected chi connectivity index (χ0v) is 21.8. The number of pyridine rings is 1. The minimum absolute atomic E-state index is 0.104. The van der Waals surface area contributed by atoms with Crippen LogP contribution in [0.25, 0.3) is 33.2 Å². The molecule has 0 aliphatic heterocycles. The van der Waals surface area contributed by atoms with Gasteiger partial charge in [-0.25, -0.2) is 4.57 Å². The lowest BCUT2D eigenvalue weighted by Crippen LogP contribution is -2.33. The van der Waals surface area contributed by atoms with Gasteiger partial charge in [-0.05, 0) is 53.2 Å². The van der Waals surface area contributed by atoms with E-state index in [1.54, 1.807) is 0 Å². The van der Waals surface area contributed by atoms with E-state index in [0.717, 1.165) is 11.2 Å². The highest BCUT2D eigenvalue weighted by atomic mass is 16.3. The molecule has 0 radical (unpaired) electrons. The van der Waals surface area contributed by atoms with Crippen molar-refractivity contribution in [3.8, 4) is 11.3 Å². The summed E-state index contributed by atoms with van der Waals surface area (Å²) < 4.78 is 9.15. The summed E-state index contributed by atoms with van der Waals surface area (Å²) in [5.41, 5.74) is 10.3. The molecule has 0 fully saturated rings. The molecule has 33 heavy (non-hydrogen) atoms. The molecule has 0 spiro atoms. The Hall–Kier alpha value is -2.61. The van der Waals surface area contributed by atoms with Crippen molar-refractivity contribution in [2.24, 2.45) is 7.05 Å². The highest BCUT2D eigenvalue weighted by Gasteiger charge is 2.39. The Balaban J connectivity index is 1.84. The Kier molecular flexibility index (Phi) is 4.67. The van der Waals surface area contributed by atoms with E-state index < -0.39 is 0 Å². The second-order valence-electron chi connectivity index (χ2n) is 12.5. The topological polar surface area (TPSA) is 17.0 Å². The third-order valence-corrected chi connectivity index (χ3v) is 8.05. The van der Waals surface area contributed by atoms with Gasteiger partial charge in [-0.1, -0.05) is 72.7 Å². The third kappa shape index (κ3) is 3.33. The molecule has 0 bridgehead atoms. The summed E-state index contributed by atoms with van der Waals surface area (Å²) in [6, 6.07) is 13.7. The average Bonchev–Trinajstić information content (AvgIpc) is 3.09. The van der Waals surface area contributed by atoms with E-state index in [4.69, 9.17) is 4.42 Å². The summed E-state index contributed by atoms with van der Waals surface area (Å²) in [4.78, 5) is 0. The number of hydrogen-bond donors (Lipinski definition) is 0. The van der Waals surface area contributed by atoms with Crippen LogP contribution in [0.3, 0.4) is 0 Å². The van der Waals surface area contributed by atoms with Gasteiger partial charge in [-0.2, -0.15) is 0 Å². The summed E-state index contributed by atoms with van der Waals surface area (Å²) in [5, 5.41) is 2.46. The molecule has 0 saturated heterocycles. The highest BCUT2D eigenvalue weighted by molar-refractivity contribution is 6.11.